The second kappa shape index (κ2) is 12.1. The summed E-state index contributed by atoms with van der Waals surface area (Å²) in [5.74, 6) is 0.896. The number of ether oxygens (including phenoxy) is 1. The first-order valence-electron chi connectivity index (χ1n) is 12.6. The molecule has 0 spiro atoms. The van der Waals surface area contributed by atoms with E-state index in [0.29, 0.717) is 23.4 Å². The molecule has 2 saturated carbocycles. The number of carbonyl (C=O) groups excluding carboxylic acids is 1. The molecule has 0 radical (unpaired) electrons. The van der Waals surface area contributed by atoms with Crippen LogP contribution >= 0.6 is 0 Å². The van der Waals surface area contributed by atoms with Gasteiger partial charge in [-0.2, -0.15) is 5.26 Å². The molecule has 2 aliphatic rings. The highest BCUT2D eigenvalue weighted by atomic mass is 16.5. The van der Waals surface area contributed by atoms with Gasteiger partial charge in [-0.3, -0.25) is 10.2 Å². The lowest BCUT2D eigenvalue weighted by Crippen LogP contribution is -2.33. The average Bonchev–Trinajstić information content (AvgIpc) is 3.18. The van der Waals surface area contributed by atoms with Crippen LogP contribution in [-0.2, 0) is 4.79 Å². The second-order valence-corrected chi connectivity index (χ2v) is 9.25. The summed E-state index contributed by atoms with van der Waals surface area (Å²) in [7, 11) is 1.89. The first kappa shape index (κ1) is 25.8. The Morgan fingerprint density at radius 3 is 2.46 bits per heavy atom. The summed E-state index contributed by atoms with van der Waals surface area (Å²) in [6.07, 6.45) is 8.71. The maximum absolute atomic E-state index is 10.0. The van der Waals surface area contributed by atoms with Gasteiger partial charge < -0.3 is 25.7 Å². The van der Waals surface area contributed by atoms with E-state index >= 15 is 0 Å². The SMILES string of the molecule is CNc1ccc(-c2c(C#N)c3ccc(OCC(N)=NC=N)cc3n2C2CCC2)cc1.O=CNC1CCC1. The van der Waals surface area contributed by atoms with Crippen molar-refractivity contribution in [3.8, 4) is 23.1 Å². The van der Waals surface area contributed by atoms with Crippen molar-refractivity contribution in [2.24, 2.45) is 10.7 Å². The zero-order chi connectivity index (χ0) is 26.2. The molecule has 2 aromatic carbocycles. The second-order valence-electron chi connectivity index (χ2n) is 9.25. The van der Waals surface area contributed by atoms with Crippen LogP contribution in [0.4, 0.5) is 5.69 Å². The Bertz CT molecular complexity index is 1310. The van der Waals surface area contributed by atoms with E-state index in [0.717, 1.165) is 53.4 Å². The summed E-state index contributed by atoms with van der Waals surface area (Å²) in [6, 6.07) is 17.2. The number of hydrogen-bond acceptors (Lipinski definition) is 5. The lowest BCUT2D eigenvalue weighted by Gasteiger charge is -2.30. The molecular formula is C28H33N7O2. The third-order valence-electron chi connectivity index (χ3n) is 7.00. The maximum atomic E-state index is 10.0. The third kappa shape index (κ3) is 5.75. The smallest absolute Gasteiger partial charge is 0.207 e. The first-order valence-corrected chi connectivity index (χ1v) is 12.6. The number of carbonyl (C=O) groups is 1. The predicted octanol–water partition coefficient (Wildman–Crippen LogP) is 4.57. The van der Waals surface area contributed by atoms with Crippen LogP contribution < -0.4 is 21.1 Å². The molecule has 1 aromatic heterocycles. The summed E-state index contributed by atoms with van der Waals surface area (Å²) < 4.78 is 8.07. The van der Waals surface area contributed by atoms with E-state index in [4.69, 9.17) is 15.9 Å². The van der Waals surface area contributed by atoms with E-state index in [-0.39, 0.29) is 12.4 Å². The van der Waals surface area contributed by atoms with Gasteiger partial charge in [-0.1, -0.05) is 12.1 Å². The normalized spacial score (nSPS) is 15.4. The zero-order valence-corrected chi connectivity index (χ0v) is 21.0. The number of fused-ring (bicyclic) bond motifs is 1. The van der Waals surface area contributed by atoms with Crippen molar-refractivity contribution in [3.05, 3.63) is 48.0 Å². The fraction of sp³-hybridized carbons (Fsp3) is 0.357. The molecule has 0 bridgehead atoms. The van der Waals surface area contributed by atoms with E-state index in [2.05, 4.69) is 38.4 Å². The summed E-state index contributed by atoms with van der Waals surface area (Å²) >= 11 is 0. The molecule has 5 N–H and O–H groups in total. The molecule has 5 rings (SSSR count). The minimum Gasteiger partial charge on any atom is -0.486 e. The highest BCUT2D eigenvalue weighted by molar-refractivity contribution is 5.95. The molecule has 0 aliphatic heterocycles. The minimum atomic E-state index is 0.106. The van der Waals surface area contributed by atoms with E-state index < -0.39 is 0 Å². The van der Waals surface area contributed by atoms with Crippen LogP contribution in [-0.4, -0.2) is 42.8 Å². The Morgan fingerprint density at radius 1 is 1.22 bits per heavy atom. The highest BCUT2D eigenvalue weighted by Crippen LogP contribution is 2.43. The number of nitriles is 1. The molecule has 2 fully saturated rings. The molecule has 192 valence electrons. The number of aromatic nitrogens is 1. The van der Waals surface area contributed by atoms with Crippen LogP contribution in [0.2, 0.25) is 0 Å². The molecule has 0 atom stereocenters. The summed E-state index contributed by atoms with van der Waals surface area (Å²) in [5, 5.41) is 23.8. The average molecular weight is 500 g/mol. The Labute approximate surface area is 216 Å². The van der Waals surface area contributed by atoms with Gasteiger partial charge in [-0.05, 0) is 68.4 Å². The summed E-state index contributed by atoms with van der Waals surface area (Å²) in [5.41, 5.74) is 10.4. The van der Waals surface area contributed by atoms with E-state index in [1.807, 2.05) is 37.4 Å². The van der Waals surface area contributed by atoms with Crippen molar-refractivity contribution < 1.29 is 9.53 Å². The Morgan fingerprint density at radius 2 is 1.95 bits per heavy atom. The van der Waals surface area contributed by atoms with E-state index in [1.165, 1.54) is 25.7 Å². The third-order valence-corrected chi connectivity index (χ3v) is 7.00. The maximum Gasteiger partial charge on any atom is 0.207 e. The zero-order valence-electron chi connectivity index (χ0n) is 21.0. The summed E-state index contributed by atoms with van der Waals surface area (Å²) in [6.45, 7) is 0.106. The number of amides is 1. The molecule has 1 amide bonds. The fourth-order valence-corrected chi connectivity index (χ4v) is 4.54. The van der Waals surface area contributed by atoms with Crippen LogP contribution in [0.3, 0.4) is 0 Å². The molecule has 1 heterocycles. The number of benzene rings is 2. The standard InChI is InChI=1S/C23H24N6O.C5H9NO/c1-27-16-7-5-15(6-8-16)23-20(12-24)19-10-9-18(30-13-22(26)28-14-25)11-21(19)29(23)17-3-2-4-17;7-4-6-5-2-1-3-5/h5-11,14,17,27H,2-4,13H2,1H3,(H3,25,26,28);4-5H,1-3H2,(H,6,7). The molecule has 37 heavy (non-hydrogen) atoms. The highest BCUT2D eigenvalue weighted by Gasteiger charge is 2.28. The number of aliphatic imine (C=N–C) groups is 1. The van der Waals surface area contributed by atoms with Gasteiger partial charge >= 0.3 is 0 Å². The molecule has 9 heteroatoms. The van der Waals surface area contributed by atoms with Gasteiger partial charge in [0, 0.05) is 36.3 Å². The van der Waals surface area contributed by atoms with Gasteiger partial charge in [-0.25, -0.2) is 4.99 Å². The largest absolute Gasteiger partial charge is 0.486 e. The molecule has 0 saturated heterocycles. The quantitative estimate of drug-likeness (QED) is 0.194. The van der Waals surface area contributed by atoms with Crippen molar-refractivity contribution in [1.82, 2.24) is 9.88 Å². The Balaban J connectivity index is 0.000000396. The van der Waals surface area contributed by atoms with Crippen LogP contribution in [0, 0.1) is 16.7 Å². The van der Waals surface area contributed by atoms with Gasteiger partial charge in [0.25, 0.3) is 0 Å². The molecule has 9 nitrogen and oxygen atoms in total. The summed E-state index contributed by atoms with van der Waals surface area (Å²) in [4.78, 5) is 13.4. The van der Waals surface area contributed by atoms with Gasteiger partial charge in [0.1, 0.15) is 30.6 Å². The number of nitrogens with zero attached hydrogens (tertiary/aromatic N) is 3. The van der Waals surface area contributed by atoms with Crippen LogP contribution in [0.5, 0.6) is 5.75 Å². The number of hydrogen-bond donors (Lipinski definition) is 4. The first-order chi connectivity index (χ1) is 18.1. The predicted molar refractivity (Wildman–Crippen MR) is 147 cm³/mol. The molecule has 0 unspecified atom stereocenters. The van der Waals surface area contributed by atoms with Gasteiger partial charge in [0.15, 0.2) is 0 Å². The van der Waals surface area contributed by atoms with Crippen molar-refractivity contribution >= 4 is 35.2 Å². The Kier molecular flexibility index (Phi) is 8.41. The Hall–Kier alpha value is -4.32. The number of anilines is 1. The fourth-order valence-electron chi connectivity index (χ4n) is 4.54. The van der Waals surface area contributed by atoms with E-state index in [1.54, 1.807) is 0 Å². The van der Waals surface area contributed by atoms with Gasteiger partial charge in [-0.15, -0.1) is 0 Å². The minimum absolute atomic E-state index is 0.106. The lowest BCUT2D eigenvalue weighted by atomic mass is 9.92. The molecule has 2 aliphatic carbocycles. The number of nitrogens with two attached hydrogens (primary N) is 1. The van der Waals surface area contributed by atoms with Crippen molar-refractivity contribution in [3.63, 3.8) is 0 Å². The van der Waals surface area contributed by atoms with Crippen molar-refractivity contribution in [2.75, 3.05) is 19.0 Å². The van der Waals surface area contributed by atoms with Gasteiger partial charge in [0.05, 0.1) is 16.8 Å². The topological polar surface area (TPSA) is 141 Å². The van der Waals surface area contributed by atoms with Gasteiger partial charge in [0.2, 0.25) is 6.41 Å². The lowest BCUT2D eigenvalue weighted by molar-refractivity contribution is -0.110. The van der Waals surface area contributed by atoms with Crippen LogP contribution in [0.15, 0.2) is 47.5 Å². The van der Waals surface area contributed by atoms with E-state index in [9.17, 15) is 10.1 Å². The molecule has 3 aromatic rings. The number of amidine groups is 1. The monoisotopic (exact) mass is 499 g/mol. The number of rotatable bonds is 9. The van der Waals surface area contributed by atoms with Crippen LogP contribution in [0.25, 0.3) is 22.2 Å². The van der Waals surface area contributed by atoms with Crippen molar-refractivity contribution in [2.45, 2.75) is 50.6 Å². The molecular weight excluding hydrogens is 466 g/mol. The van der Waals surface area contributed by atoms with Crippen LogP contribution in [0.1, 0.15) is 50.1 Å². The van der Waals surface area contributed by atoms with Crippen molar-refractivity contribution in [1.29, 1.82) is 10.7 Å². The number of nitrogens with one attached hydrogen (secondary N) is 3.